The molecule has 5 heteroatoms. The zero-order valence-corrected chi connectivity index (χ0v) is 15.7. The molecule has 2 N–H and O–H groups in total. The van der Waals surface area contributed by atoms with E-state index in [1.807, 2.05) is 64.1 Å². The van der Waals surface area contributed by atoms with Crippen LogP contribution >= 0.6 is 0 Å². The summed E-state index contributed by atoms with van der Waals surface area (Å²) in [6.07, 6.45) is 0.313. The van der Waals surface area contributed by atoms with Gasteiger partial charge in [0.25, 0.3) is 0 Å². The zero-order chi connectivity index (χ0) is 18.8. The molecule has 1 atom stereocenters. The van der Waals surface area contributed by atoms with Crippen molar-refractivity contribution in [1.82, 2.24) is 5.32 Å². The third-order valence-corrected chi connectivity index (χ3v) is 5.12. The molecule has 0 bridgehead atoms. The highest BCUT2D eigenvalue weighted by Crippen LogP contribution is 2.24. The van der Waals surface area contributed by atoms with E-state index in [9.17, 15) is 9.59 Å². The molecule has 0 unspecified atom stereocenters. The fourth-order valence-corrected chi connectivity index (χ4v) is 3.18. The van der Waals surface area contributed by atoms with Crippen molar-refractivity contribution in [1.29, 1.82) is 0 Å². The average Bonchev–Trinajstić information content (AvgIpc) is 2.94. The predicted molar refractivity (Wildman–Crippen MR) is 105 cm³/mol. The minimum atomic E-state index is -0.279. The van der Waals surface area contributed by atoms with Gasteiger partial charge >= 0.3 is 6.03 Å². The third-order valence-electron chi connectivity index (χ3n) is 5.12. The number of hydrogen-bond acceptors (Lipinski definition) is 2. The molecule has 3 rings (SSSR count). The van der Waals surface area contributed by atoms with Crippen LogP contribution < -0.4 is 15.5 Å². The standard InChI is InChI=1S/C21H25N3O2/c1-13-8-9-18(10-15(13)3)24-12-17(11-20(24)25)22-21(26)23-19-7-5-6-14(2)16(19)4/h5-10,17H,11-12H2,1-4H3,(H2,22,23,26)/t17-/m0/s1. The number of anilines is 2. The number of nitrogens with one attached hydrogen (secondary N) is 2. The monoisotopic (exact) mass is 351 g/mol. The molecule has 2 aromatic carbocycles. The summed E-state index contributed by atoms with van der Waals surface area (Å²) in [4.78, 5) is 26.4. The summed E-state index contributed by atoms with van der Waals surface area (Å²) in [5, 5.41) is 5.80. The van der Waals surface area contributed by atoms with E-state index in [0.29, 0.717) is 13.0 Å². The van der Waals surface area contributed by atoms with Crippen LogP contribution in [0.4, 0.5) is 16.2 Å². The van der Waals surface area contributed by atoms with Crippen LogP contribution in [0.25, 0.3) is 0 Å². The van der Waals surface area contributed by atoms with E-state index in [1.165, 1.54) is 5.56 Å². The lowest BCUT2D eigenvalue weighted by atomic mass is 10.1. The maximum atomic E-state index is 12.4. The van der Waals surface area contributed by atoms with Crippen LogP contribution in [0.5, 0.6) is 0 Å². The van der Waals surface area contributed by atoms with Crippen molar-refractivity contribution in [2.75, 3.05) is 16.8 Å². The minimum absolute atomic E-state index is 0.0327. The number of amides is 3. The molecule has 0 saturated carbocycles. The smallest absolute Gasteiger partial charge is 0.319 e. The molecule has 1 saturated heterocycles. The molecular weight excluding hydrogens is 326 g/mol. The second kappa shape index (κ2) is 7.20. The summed E-state index contributed by atoms with van der Waals surface area (Å²) in [5.41, 5.74) is 6.19. The number of rotatable bonds is 3. The molecule has 2 aromatic rings. The zero-order valence-electron chi connectivity index (χ0n) is 15.7. The van der Waals surface area contributed by atoms with Gasteiger partial charge in [-0.15, -0.1) is 0 Å². The summed E-state index contributed by atoms with van der Waals surface area (Å²) in [5.74, 6) is 0.0327. The van der Waals surface area contributed by atoms with Gasteiger partial charge in [-0.1, -0.05) is 18.2 Å². The van der Waals surface area contributed by atoms with Crippen LogP contribution in [0.2, 0.25) is 0 Å². The van der Waals surface area contributed by atoms with Gasteiger partial charge in [-0.2, -0.15) is 0 Å². The average molecular weight is 351 g/mol. The Kier molecular flexibility index (Phi) is 4.98. The van der Waals surface area contributed by atoms with Crippen LogP contribution in [0.3, 0.4) is 0 Å². The van der Waals surface area contributed by atoms with Crippen LogP contribution in [0.15, 0.2) is 36.4 Å². The van der Waals surface area contributed by atoms with Crippen molar-refractivity contribution in [2.24, 2.45) is 0 Å². The fraction of sp³-hybridized carbons (Fsp3) is 0.333. The second-order valence-corrected chi connectivity index (χ2v) is 7.02. The van der Waals surface area contributed by atoms with Gasteiger partial charge in [0.05, 0.1) is 6.04 Å². The highest BCUT2D eigenvalue weighted by Gasteiger charge is 2.31. The molecule has 26 heavy (non-hydrogen) atoms. The van der Waals surface area contributed by atoms with Gasteiger partial charge < -0.3 is 15.5 Å². The largest absolute Gasteiger partial charge is 0.333 e. The molecule has 136 valence electrons. The fourth-order valence-electron chi connectivity index (χ4n) is 3.18. The Bertz CT molecular complexity index is 860. The van der Waals surface area contributed by atoms with Crippen molar-refractivity contribution in [3.8, 4) is 0 Å². The van der Waals surface area contributed by atoms with E-state index in [-0.39, 0.29) is 18.0 Å². The van der Waals surface area contributed by atoms with E-state index in [0.717, 1.165) is 28.1 Å². The molecule has 5 nitrogen and oxygen atoms in total. The Morgan fingerprint density at radius 2 is 1.81 bits per heavy atom. The molecule has 0 aromatic heterocycles. The van der Waals surface area contributed by atoms with Crippen LogP contribution in [0.1, 0.15) is 28.7 Å². The molecular formula is C21H25N3O2. The second-order valence-electron chi connectivity index (χ2n) is 7.02. The topological polar surface area (TPSA) is 61.4 Å². The quantitative estimate of drug-likeness (QED) is 0.882. The van der Waals surface area contributed by atoms with Crippen molar-refractivity contribution in [3.05, 3.63) is 58.7 Å². The Morgan fingerprint density at radius 1 is 1.04 bits per heavy atom. The number of benzene rings is 2. The van der Waals surface area contributed by atoms with Crippen molar-refractivity contribution < 1.29 is 9.59 Å². The molecule has 1 fully saturated rings. The highest BCUT2D eigenvalue weighted by atomic mass is 16.2. The summed E-state index contributed by atoms with van der Waals surface area (Å²) >= 11 is 0. The number of hydrogen-bond donors (Lipinski definition) is 2. The first-order valence-electron chi connectivity index (χ1n) is 8.86. The van der Waals surface area contributed by atoms with Crippen LogP contribution in [-0.4, -0.2) is 24.5 Å². The van der Waals surface area contributed by atoms with E-state index < -0.39 is 0 Å². The molecule has 0 spiro atoms. The molecule has 1 aliphatic rings. The Balaban J connectivity index is 1.64. The molecule has 1 heterocycles. The highest BCUT2D eigenvalue weighted by molar-refractivity contribution is 5.98. The van der Waals surface area contributed by atoms with Crippen molar-refractivity contribution in [2.45, 2.75) is 40.2 Å². The first-order chi connectivity index (χ1) is 12.3. The molecule has 3 amide bonds. The Morgan fingerprint density at radius 3 is 2.54 bits per heavy atom. The minimum Gasteiger partial charge on any atom is -0.333 e. The van der Waals surface area contributed by atoms with E-state index in [2.05, 4.69) is 10.6 Å². The van der Waals surface area contributed by atoms with Crippen LogP contribution in [0, 0.1) is 27.7 Å². The normalized spacial score (nSPS) is 16.7. The number of carbonyl (C=O) groups excluding carboxylic acids is 2. The van der Waals surface area contributed by atoms with E-state index >= 15 is 0 Å². The lowest BCUT2D eigenvalue weighted by molar-refractivity contribution is -0.117. The van der Waals surface area contributed by atoms with Crippen LogP contribution in [-0.2, 0) is 4.79 Å². The summed E-state index contributed by atoms with van der Waals surface area (Å²) < 4.78 is 0. The van der Waals surface area contributed by atoms with E-state index in [4.69, 9.17) is 0 Å². The summed E-state index contributed by atoms with van der Waals surface area (Å²) in [7, 11) is 0. The maximum absolute atomic E-state index is 12.4. The number of aryl methyl sites for hydroxylation is 3. The Hall–Kier alpha value is -2.82. The number of urea groups is 1. The number of nitrogens with zero attached hydrogens (tertiary/aromatic N) is 1. The number of carbonyl (C=O) groups is 2. The van der Waals surface area contributed by atoms with Gasteiger partial charge in [0.15, 0.2) is 0 Å². The molecule has 1 aliphatic heterocycles. The van der Waals surface area contributed by atoms with Crippen molar-refractivity contribution >= 4 is 23.3 Å². The third kappa shape index (κ3) is 3.72. The van der Waals surface area contributed by atoms with Crippen molar-refractivity contribution in [3.63, 3.8) is 0 Å². The molecule has 0 aliphatic carbocycles. The molecule has 0 radical (unpaired) electrons. The van der Waals surface area contributed by atoms with Gasteiger partial charge in [0.1, 0.15) is 0 Å². The van der Waals surface area contributed by atoms with Gasteiger partial charge in [-0.3, -0.25) is 4.79 Å². The lowest BCUT2D eigenvalue weighted by Crippen LogP contribution is -2.39. The van der Waals surface area contributed by atoms with Gasteiger partial charge in [-0.25, -0.2) is 4.79 Å². The van der Waals surface area contributed by atoms with Gasteiger partial charge in [-0.05, 0) is 68.1 Å². The Labute approximate surface area is 154 Å². The van der Waals surface area contributed by atoms with Gasteiger partial charge in [0.2, 0.25) is 5.91 Å². The maximum Gasteiger partial charge on any atom is 0.319 e. The van der Waals surface area contributed by atoms with Gasteiger partial charge in [0, 0.05) is 24.3 Å². The predicted octanol–water partition coefficient (Wildman–Crippen LogP) is 3.85. The van der Waals surface area contributed by atoms with E-state index in [1.54, 1.807) is 4.90 Å². The summed E-state index contributed by atoms with van der Waals surface area (Å²) in [6, 6.07) is 11.3. The first kappa shape index (κ1) is 18.0. The lowest BCUT2D eigenvalue weighted by Gasteiger charge is -2.19. The summed E-state index contributed by atoms with van der Waals surface area (Å²) in [6.45, 7) is 8.56. The SMILES string of the molecule is Cc1ccc(N2C[C@@H](NC(=O)Nc3cccc(C)c3C)CC2=O)cc1C. The first-order valence-corrected chi connectivity index (χ1v) is 8.86.